The number of ether oxygens (including phenoxy) is 2. The van der Waals surface area contributed by atoms with Gasteiger partial charge in [0.05, 0.1) is 18.2 Å². The molecule has 2 aliphatic heterocycles. The highest BCUT2D eigenvalue weighted by molar-refractivity contribution is 5.95. The number of nitrogens with one attached hydrogen (secondary N) is 2. The Morgan fingerprint density at radius 1 is 1.00 bits per heavy atom. The molecule has 2 aromatic rings. The number of urea groups is 2. The van der Waals surface area contributed by atoms with Gasteiger partial charge in [0.15, 0.2) is 0 Å². The summed E-state index contributed by atoms with van der Waals surface area (Å²) in [5, 5.41) is 5.83. The van der Waals surface area contributed by atoms with Gasteiger partial charge in [-0.2, -0.15) is 0 Å². The van der Waals surface area contributed by atoms with E-state index in [2.05, 4.69) is 15.5 Å². The van der Waals surface area contributed by atoms with Crippen LogP contribution in [0, 0.1) is 0 Å². The van der Waals surface area contributed by atoms with E-state index in [4.69, 9.17) is 9.47 Å². The van der Waals surface area contributed by atoms with Crippen LogP contribution in [0.25, 0.3) is 0 Å². The van der Waals surface area contributed by atoms with Crippen molar-refractivity contribution >= 4 is 18.0 Å². The maximum absolute atomic E-state index is 13.4. The monoisotopic (exact) mass is 535 g/mol. The van der Waals surface area contributed by atoms with E-state index in [0.717, 1.165) is 13.0 Å². The molecule has 208 valence electrons. The molecule has 4 amide bonds. The van der Waals surface area contributed by atoms with Gasteiger partial charge < -0.3 is 25.0 Å². The minimum Gasteiger partial charge on any atom is -0.463 e. The first-order valence-electron chi connectivity index (χ1n) is 13.4. The van der Waals surface area contributed by atoms with Crippen LogP contribution in [-0.2, 0) is 9.53 Å². The van der Waals surface area contributed by atoms with Gasteiger partial charge >= 0.3 is 18.0 Å². The summed E-state index contributed by atoms with van der Waals surface area (Å²) in [6, 6.07) is 15.7. The summed E-state index contributed by atoms with van der Waals surface area (Å²) in [6.45, 7) is 7.39. The van der Waals surface area contributed by atoms with Crippen molar-refractivity contribution in [3.63, 3.8) is 0 Å². The first-order chi connectivity index (χ1) is 18.9. The average Bonchev–Trinajstić information content (AvgIpc) is 3.18. The molecule has 39 heavy (non-hydrogen) atoms. The molecule has 2 aliphatic rings. The van der Waals surface area contributed by atoms with Crippen LogP contribution in [0.4, 0.5) is 9.59 Å². The molecule has 2 aromatic carbocycles. The molecular weight excluding hydrogens is 498 g/mol. The maximum Gasteiger partial charge on any atom is 0.338 e. The molecule has 10 heteroatoms. The van der Waals surface area contributed by atoms with Crippen molar-refractivity contribution in [3.8, 4) is 11.5 Å². The second-order valence-electron chi connectivity index (χ2n) is 9.46. The van der Waals surface area contributed by atoms with E-state index in [1.807, 2.05) is 66.4 Å². The molecule has 0 spiro atoms. The maximum atomic E-state index is 13.4. The van der Waals surface area contributed by atoms with Gasteiger partial charge in [-0.1, -0.05) is 30.3 Å². The third kappa shape index (κ3) is 6.88. The Kier molecular flexibility index (Phi) is 9.43. The van der Waals surface area contributed by atoms with Gasteiger partial charge in [0.2, 0.25) is 0 Å². The largest absolute Gasteiger partial charge is 0.463 e. The highest BCUT2D eigenvalue weighted by Crippen LogP contribution is 2.34. The summed E-state index contributed by atoms with van der Waals surface area (Å²) >= 11 is 0. The Labute approximate surface area is 229 Å². The zero-order valence-electron chi connectivity index (χ0n) is 22.8. The minimum absolute atomic E-state index is 0.0717. The topological polar surface area (TPSA) is 103 Å². The van der Waals surface area contributed by atoms with Crippen molar-refractivity contribution in [2.24, 2.45) is 0 Å². The van der Waals surface area contributed by atoms with Gasteiger partial charge in [-0.05, 0) is 50.1 Å². The van der Waals surface area contributed by atoms with Crippen LogP contribution in [0.2, 0.25) is 0 Å². The average molecular weight is 536 g/mol. The first-order valence-corrected chi connectivity index (χ1v) is 13.4. The number of nitrogens with zero attached hydrogens (tertiary/aromatic N) is 3. The number of benzene rings is 2. The van der Waals surface area contributed by atoms with Crippen LogP contribution in [0.3, 0.4) is 0 Å². The fourth-order valence-corrected chi connectivity index (χ4v) is 4.84. The van der Waals surface area contributed by atoms with Gasteiger partial charge in [-0.15, -0.1) is 0 Å². The fourth-order valence-electron chi connectivity index (χ4n) is 4.84. The van der Waals surface area contributed by atoms with E-state index in [-0.39, 0.29) is 18.7 Å². The number of carbonyl (C=O) groups excluding carboxylic acids is 3. The highest BCUT2D eigenvalue weighted by Gasteiger charge is 2.37. The van der Waals surface area contributed by atoms with E-state index in [9.17, 15) is 14.4 Å². The van der Waals surface area contributed by atoms with E-state index < -0.39 is 12.0 Å². The lowest BCUT2D eigenvalue weighted by atomic mass is 9.94. The lowest BCUT2D eigenvalue weighted by Crippen LogP contribution is -2.49. The number of hydrogen-bond donors (Lipinski definition) is 2. The van der Waals surface area contributed by atoms with Crippen LogP contribution in [0.15, 0.2) is 65.9 Å². The van der Waals surface area contributed by atoms with Crippen LogP contribution in [-0.4, -0.2) is 85.7 Å². The Morgan fingerprint density at radius 3 is 2.51 bits per heavy atom. The summed E-state index contributed by atoms with van der Waals surface area (Å²) in [6.07, 6.45) is 0.789. The molecule has 1 atom stereocenters. The third-order valence-corrected chi connectivity index (χ3v) is 6.82. The molecule has 0 aromatic heterocycles. The lowest BCUT2D eigenvalue weighted by Gasteiger charge is -2.36. The first kappa shape index (κ1) is 28.0. The lowest BCUT2D eigenvalue weighted by molar-refractivity contribution is -0.139. The Balaban J connectivity index is 1.64. The number of amides is 4. The van der Waals surface area contributed by atoms with Crippen molar-refractivity contribution in [3.05, 3.63) is 71.4 Å². The van der Waals surface area contributed by atoms with Crippen molar-refractivity contribution in [2.45, 2.75) is 26.3 Å². The molecule has 4 rings (SSSR count). The quantitative estimate of drug-likeness (QED) is 0.500. The predicted molar refractivity (Wildman–Crippen MR) is 147 cm³/mol. The fraction of sp³-hybridized carbons (Fsp3) is 0.414. The van der Waals surface area contributed by atoms with Crippen molar-refractivity contribution in [1.29, 1.82) is 0 Å². The van der Waals surface area contributed by atoms with Crippen molar-refractivity contribution in [1.82, 2.24) is 25.3 Å². The van der Waals surface area contributed by atoms with Gasteiger partial charge in [-0.25, -0.2) is 14.4 Å². The molecule has 2 heterocycles. The SMILES string of the molecule is CCNC(=O)N1CCCN(CC2=C(C(=O)OCC)C(c3cccc(Oc4ccccc4)c3)NC(=O)N2C)CC1. The number of esters is 1. The molecule has 0 saturated carbocycles. The van der Waals surface area contributed by atoms with Crippen LogP contribution >= 0.6 is 0 Å². The van der Waals surface area contributed by atoms with Crippen molar-refractivity contribution < 1.29 is 23.9 Å². The Morgan fingerprint density at radius 2 is 1.77 bits per heavy atom. The van der Waals surface area contributed by atoms with Gasteiger partial charge in [0.1, 0.15) is 11.5 Å². The molecule has 1 saturated heterocycles. The zero-order chi connectivity index (χ0) is 27.8. The Hall–Kier alpha value is -4.05. The minimum atomic E-state index is -0.708. The number of rotatable bonds is 8. The van der Waals surface area contributed by atoms with E-state index in [1.54, 1.807) is 14.0 Å². The van der Waals surface area contributed by atoms with Crippen molar-refractivity contribution in [2.75, 3.05) is 52.9 Å². The highest BCUT2D eigenvalue weighted by atomic mass is 16.5. The molecule has 0 bridgehead atoms. The van der Waals surface area contributed by atoms with Gasteiger partial charge in [0, 0.05) is 52.0 Å². The number of para-hydroxylation sites is 1. The predicted octanol–water partition coefficient (Wildman–Crippen LogP) is 3.73. The number of likely N-dealkylation sites (N-methyl/N-ethyl adjacent to an activating group) is 1. The third-order valence-electron chi connectivity index (χ3n) is 6.82. The van der Waals surface area contributed by atoms with Crippen LogP contribution in [0.1, 0.15) is 31.9 Å². The summed E-state index contributed by atoms with van der Waals surface area (Å²) in [5.41, 5.74) is 1.69. The van der Waals surface area contributed by atoms with Crippen LogP contribution in [0.5, 0.6) is 11.5 Å². The zero-order valence-corrected chi connectivity index (χ0v) is 22.8. The van der Waals surface area contributed by atoms with Gasteiger partial charge in [0.25, 0.3) is 0 Å². The number of hydrogen-bond acceptors (Lipinski definition) is 6. The molecule has 10 nitrogen and oxygen atoms in total. The summed E-state index contributed by atoms with van der Waals surface area (Å²) in [5.74, 6) is 0.804. The molecule has 1 unspecified atom stereocenters. The molecule has 1 fully saturated rings. The second-order valence-corrected chi connectivity index (χ2v) is 9.46. The van der Waals surface area contributed by atoms with Gasteiger partial charge in [-0.3, -0.25) is 9.80 Å². The smallest absolute Gasteiger partial charge is 0.338 e. The molecule has 0 radical (unpaired) electrons. The summed E-state index contributed by atoms with van der Waals surface area (Å²) in [4.78, 5) is 44.3. The Bertz CT molecular complexity index is 1200. The molecular formula is C29H37N5O5. The van der Waals surface area contributed by atoms with E-state index >= 15 is 0 Å². The molecule has 0 aliphatic carbocycles. The number of carbonyl (C=O) groups is 3. The molecule has 2 N–H and O–H groups in total. The van der Waals surface area contributed by atoms with E-state index in [1.165, 1.54) is 4.90 Å². The summed E-state index contributed by atoms with van der Waals surface area (Å²) in [7, 11) is 1.66. The normalized spacial score (nSPS) is 18.3. The summed E-state index contributed by atoms with van der Waals surface area (Å²) < 4.78 is 11.5. The van der Waals surface area contributed by atoms with Crippen LogP contribution < -0.4 is 15.4 Å². The van der Waals surface area contributed by atoms with E-state index in [0.29, 0.717) is 61.1 Å². The second kappa shape index (κ2) is 13.1. The standard InChI is InChI=1S/C29H37N5O5/c1-4-30-28(36)34-16-10-15-33(17-18-34)20-24-25(27(35)38-5-2)26(31-29(37)32(24)3)21-11-9-14-23(19-21)39-22-12-7-6-8-13-22/h6-9,11-14,19,26H,4-5,10,15-18,20H2,1-3H3,(H,30,36)(H,31,37).